The van der Waals surface area contributed by atoms with Crippen LogP contribution in [0.5, 0.6) is 0 Å². The molecule has 0 saturated carbocycles. The second-order valence-corrected chi connectivity index (χ2v) is 5.32. The van der Waals surface area contributed by atoms with E-state index >= 15 is 0 Å². The summed E-state index contributed by atoms with van der Waals surface area (Å²) < 4.78 is 2.21. The zero-order chi connectivity index (χ0) is 13.5. The minimum Gasteiger partial charge on any atom is -0.361 e. The first-order valence-corrected chi connectivity index (χ1v) is 6.91. The number of rotatable bonds is 2. The molecule has 2 nitrogen and oxygen atoms in total. The number of H-pyrrole nitrogens is 1. The van der Waals surface area contributed by atoms with Gasteiger partial charge in [0.2, 0.25) is 0 Å². The molecule has 0 fully saturated rings. The zero-order valence-electron chi connectivity index (χ0n) is 11.4. The van der Waals surface area contributed by atoms with E-state index in [4.69, 9.17) is 0 Å². The van der Waals surface area contributed by atoms with E-state index in [1.54, 1.807) is 0 Å². The molecule has 4 aromatic rings. The summed E-state index contributed by atoms with van der Waals surface area (Å²) in [6.45, 7) is 0. The minimum atomic E-state index is 0.964. The molecule has 0 bridgehead atoms. The maximum atomic E-state index is 3.36. The fraction of sp³-hybridized carbons (Fsp3) is 0.111. The van der Waals surface area contributed by atoms with Crippen LogP contribution in [-0.4, -0.2) is 9.55 Å². The Kier molecular flexibility index (Phi) is 2.43. The van der Waals surface area contributed by atoms with Gasteiger partial charge in [0, 0.05) is 47.7 Å². The smallest absolute Gasteiger partial charge is 0.0480 e. The first kappa shape index (κ1) is 11.4. The highest BCUT2D eigenvalue weighted by molar-refractivity contribution is 5.87. The van der Waals surface area contributed by atoms with Gasteiger partial charge in [0.15, 0.2) is 0 Å². The molecule has 20 heavy (non-hydrogen) atoms. The normalized spacial score (nSPS) is 11.4. The van der Waals surface area contributed by atoms with Crippen molar-refractivity contribution in [1.29, 1.82) is 0 Å². The van der Waals surface area contributed by atoms with Crippen molar-refractivity contribution in [2.75, 3.05) is 0 Å². The maximum Gasteiger partial charge on any atom is 0.0480 e. The first-order valence-electron chi connectivity index (χ1n) is 6.91. The number of hydrogen-bond acceptors (Lipinski definition) is 0. The second-order valence-electron chi connectivity index (χ2n) is 5.32. The van der Waals surface area contributed by atoms with E-state index < -0.39 is 0 Å². The Bertz CT molecular complexity index is 896. The SMILES string of the molecule is Cn1cc(Cc2c[nH]c3ccccc23)c2ccccc21. The Hall–Kier alpha value is -2.48. The topological polar surface area (TPSA) is 20.7 Å². The number of aromatic nitrogens is 2. The number of benzene rings is 2. The number of aryl methyl sites for hydroxylation is 1. The molecule has 1 N–H and O–H groups in total. The molecule has 0 unspecified atom stereocenters. The molecular formula is C18H16N2. The van der Waals surface area contributed by atoms with Crippen molar-refractivity contribution in [1.82, 2.24) is 9.55 Å². The predicted molar refractivity (Wildman–Crippen MR) is 84.0 cm³/mol. The predicted octanol–water partition coefficient (Wildman–Crippen LogP) is 4.25. The van der Waals surface area contributed by atoms with Crippen LogP contribution in [-0.2, 0) is 13.5 Å². The molecule has 2 heteroatoms. The lowest BCUT2D eigenvalue weighted by molar-refractivity contribution is 0.958. The van der Waals surface area contributed by atoms with Gasteiger partial charge in [-0.15, -0.1) is 0 Å². The van der Waals surface area contributed by atoms with Crippen LogP contribution >= 0.6 is 0 Å². The summed E-state index contributed by atoms with van der Waals surface area (Å²) in [5.41, 5.74) is 5.25. The molecule has 4 rings (SSSR count). The molecule has 0 aliphatic carbocycles. The Morgan fingerprint density at radius 3 is 2.55 bits per heavy atom. The second kappa shape index (κ2) is 4.27. The van der Waals surface area contributed by atoms with E-state index in [9.17, 15) is 0 Å². The highest BCUT2D eigenvalue weighted by atomic mass is 14.9. The average Bonchev–Trinajstić information content (AvgIpc) is 3.03. The Morgan fingerprint density at radius 2 is 1.65 bits per heavy atom. The lowest BCUT2D eigenvalue weighted by Gasteiger charge is -1.98. The van der Waals surface area contributed by atoms with Crippen molar-refractivity contribution in [2.24, 2.45) is 7.05 Å². The van der Waals surface area contributed by atoms with E-state index in [0.29, 0.717) is 0 Å². The van der Waals surface area contributed by atoms with Gasteiger partial charge >= 0.3 is 0 Å². The van der Waals surface area contributed by atoms with Gasteiger partial charge in [0.25, 0.3) is 0 Å². The molecule has 0 aliphatic heterocycles. The maximum absolute atomic E-state index is 3.36. The van der Waals surface area contributed by atoms with Gasteiger partial charge in [-0.05, 0) is 23.3 Å². The van der Waals surface area contributed by atoms with E-state index in [1.807, 2.05) is 0 Å². The third kappa shape index (κ3) is 1.65. The molecule has 0 spiro atoms. The lowest BCUT2D eigenvalue weighted by atomic mass is 10.0. The largest absolute Gasteiger partial charge is 0.361 e. The van der Waals surface area contributed by atoms with Crippen LogP contribution in [0.4, 0.5) is 0 Å². The molecule has 2 aromatic heterocycles. The molecule has 98 valence electrons. The molecule has 0 saturated heterocycles. The molecule has 2 aromatic carbocycles. The van der Waals surface area contributed by atoms with E-state index in [1.165, 1.54) is 32.9 Å². The van der Waals surface area contributed by atoms with Gasteiger partial charge in [-0.2, -0.15) is 0 Å². The Balaban J connectivity index is 1.85. The van der Waals surface area contributed by atoms with E-state index in [0.717, 1.165) is 6.42 Å². The summed E-state index contributed by atoms with van der Waals surface area (Å²) in [4.78, 5) is 3.36. The van der Waals surface area contributed by atoms with Crippen molar-refractivity contribution >= 4 is 21.8 Å². The van der Waals surface area contributed by atoms with Crippen LogP contribution < -0.4 is 0 Å². The summed E-state index contributed by atoms with van der Waals surface area (Å²) >= 11 is 0. The van der Waals surface area contributed by atoms with E-state index in [2.05, 4.69) is 77.5 Å². The molecule has 0 atom stereocenters. The average molecular weight is 260 g/mol. The van der Waals surface area contributed by atoms with Gasteiger partial charge in [-0.1, -0.05) is 36.4 Å². The van der Waals surface area contributed by atoms with Gasteiger partial charge in [-0.3, -0.25) is 0 Å². The molecule has 0 aliphatic rings. The summed E-state index contributed by atoms with van der Waals surface area (Å²) in [6.07, 6.45) is 5.34. The van der Waals surface area contributed by atoms with Gasteiger partial charge in [0.05, 0.1) is 0 Å². The third-order valence-electron chi connectivity index (χ3n) is 4.04. The van der Waals surface area contributed by atoms with Crippen LogP contribution in [0.2, 0.25) is 0 Å². The van der Waals surface area contributed by atoms with Gasteiger partial charge < -0.3 is 9.55 Å². The standard InChI is InChI=1S/C18H16N2/c1-20-12-14(16-7-3-5-9-18(16)20)10-13-11-19-17-8-4-2-6-15(13)17/h2-9,11-12,19H,10H2,1H3. The number of aromatic amines is 1. The van der Waals surface area contributed by atoms with Crippen LogP contribution in [0.15, 0.2) is 60.9 Å². The van der Waals surface area contributed by atoms with Crippen LogP contribution in [0, 0.1) is 0 Å². The fourth-order valence-electron chi connectivity index (χ4n) is 3.05. The van der Waals surface area contributed by atoms with Crippen LogP contribution in [0.3, 0.4) is 0 Å². The first-order chi connectivity index (χ1) is 9.83. The zero-order valence-corrected chi connectivity index (χ0v) is 11.4. The van der Waals surface area contributed by atoms with Crippen LogP contribution in [0.25, 0.3) is 21.8 Å². The third-order valence-corrected chi connectivity index (χ3v) is 4.04. The van der Waals surface area contributed by atoms with Crippen LogP contribution in [0.1, 0.15) is 11.1 Å². The van der Waals surface area contributed by atoms with Gasteiger partial charge in [-0.25, -0.2) is 0 Å². The van der Waals surface area contributed by atoms with Crippen molar-refractivity contribution in [3.63, 3.8) is 0 Å². The summed E-state index contributed by atoms with van der Waals surface area (Å²) in [5, 5.41) is 2.67. The van der Waals surface area contributed by atoms with Crippen molar-refractivity contribution in [3.05, 3.63) is 72.1 Å². The molecule has 0 amide bonds. The van der Waals surface area contributed by atoms with Crippen molar-refractivity contribution in [2.45, 2.75) is 6.42 Å². The number of hydrogen-bond donors (Lipinski definition) is 1. The Morgan fingerprint density at radius 1 is 0.900 bits per heavy atom. The summed E-state index contributed by atoms with van der Waals surface area (Å²) in [7, 11) is 2.11. The Labute approximate surface area is 117 Å². The summed E-state index contributed by atoms with van der Waals surface area (Å²) in [6, 6.07) is 17.1. The van der Waals surface area contributed by atoms with Crippen molar-refractivity contribution in [3.8, 4) is 0 Å². The van der Waals surface area contributed by atoms with Crippen molar-refractivity contribution < 1.29 is 0 Å². The molecular weight excluding hydrogens is 244 g/mol. The monoisotopic (exact) mass is 260 g/mol. The molecule has 2 heterocycles. The summed E-state index contributed by atoms with van der Waals surface area (Å²) in [5.74, 6) is 0. The minimum absolute atomic E-state index is 0.964. The highest BCUT2D eigenvalue weighted by Gasteiger charge is 2.09. The fourth-order valence-corrected chi connectivity index (χ4v) is 3.05. The number of nitrogens with one attached hydrogen (secondary N) is 1. The van der Waals surface area contributed by atoms with Gasteiger partial charge in [0.1, 0.15) is 0 Å². The quantitative estimate of drug-likeness (QED) is 0.556. The number of para-hydroxylation sites is 2. The number of nitrogens with zero attached hydrogens (tertiary/aromatic N) is 1. The van der Waals surface area contributed by atoms with E-state index in [-0.39, 0.29) is 0 Å². The highest BCUT2D eigenvalue weighted by Crippen LogP contribution is 2.26. The number of fused-ring (bicyclic) bond motifs is 2. The molecule has 0 radical (unpaired) electrons. The lowest BCUT2D eigenvalue weighted by Crippen LogP contribution is -1.85.